The van der Waals surface area contributed by atoms with Crippen LogP contribution in [-0.2, 0) is 17.9 Å². The Bertz CT molecular complexity index is 2980. The van der Waals surface area contributed by atoms with Crippen molar-refractivity contribution >= 4 is 38.7 Å². The summed E-state index contributed by atoms with van der Waals surface area (Å²) in [5.74, 6) is 0. The summed E-state index contributed by atoms with van der Waals surface area (Å²) >= 11 is 0. The van der Waals surface area contributed by atoms with Gasteiger partial charge in [-0.2, -0.15) is 0 Å². The first kappa shape index (κ1) is 33.7. The number of aromatic nitrogens is 1. The van der Waals surface area contributed by atoms with Gasteiger partial charge in [0.15, 0.2) is 0 Å². The topological polar surface area (TPSA) is 8.17 Å². The van der Waals surface area contributed by atoms with Gasteiger partial charge in [-0.25, -0.2) is 0 Å². The maximum absolute atomic E-state index is 2.53. The van der Waals surface area contributed by atoms with Crippen LogP contribution in [0.3, 0.4) is 0 Å². The zero-order valence-corrected chi connectivity index (χ0v) is 33.1. The first-order chi connectivity index (χ1) is 27.7. The molecule has 9 aromatic rings. The fourth-order valence-corrected chi connectivity index (χ4v) is 10.4. The molecule has 0 saturated heterocycles. The van der Waals surface area contributed by atoms with Crippen LogP contribution >= 0.6 is 0 Å². The van der Waals surface area contributed by atoms with Crippen molar-refractivity contribution in [3.8, 4) is 44.6 Å². The van der Waals surface area contributed by atoms with Crippen LogP contribution in [0.5, 0.6) is 0 Å². The molecule has 0 saturated carbocycles. The molecule has 1 aromatic heterocycles. The minimum absolute atomic E-state index is 0.133. The van der Waals surface area contributed by atoms with Crippen LogP contribution in [0.2, 0.25) is 0 Å². The van der Waals surface area contributed by atoms with Gasteiger partial charge in [-0.3, -0.25) is 0 Å². The van der Waals surface area contributed by atoms with Gasteiger partial charge >= 0.3 is 0 Å². The molecule has 0 aliphatic heterocycles. The lowest BCUT2D eigenvalue weighted by atomic mass is 9.82. The van der Waals surface area contributed by atoms with Gasteiger partial charge in [-0.05, 0) is 85.8 Å². The molecule has 0 radical (unpaired) electrons. The van der Waals surface area contributed by atoms with Crippen LogP contribution < -0.4 is 4.90 Å². The van der Waals surface area contributed by atoms with Gasteiger partial charge in [0.05, 0.1) is 16.9 Å². The minimum atomic E-state index is -0.133. The monoisotopic (exact) mass is 732 g/mol. The smallest absolute Gasteiger partial charge is 0.0569 e. The maximum Gasteiger partial charge on any atom is 0.0569 e. The predicted molar refractivity (Wildman–Crippen MR) is 241 cm³/mol. The molecule has 2 nitrogen and oxygen atoms in total. The summed E-state index contributed by atoms with van der Waals surface area (Å²) in [6, 6.07) is 65.6. The number of benzene rings is 8. The summed E-state index contributed by atoms with van der Waals surface area (Å²) < 4.78 is 2.42. The van der Waals surface area contributed by atoms with Gasteiger partial charge < -0.3 is 9.47 Å². The molecule has 0 fully saturated rings. The Balaban J connectivity index is 1.21. The lowest BCUT2D eigenvalue weighted by Crippen LogP contribution is -2.18. The molecule has 0 spiro atoms. The van der Waals surface area contributed by atoms with Gasteiger partial charge in [-0.15, -0.1) is 0 Å². The summed E-state index contributed by atoms with van der Waals surface area (Å²) in [5, 5.41) is 3.75. The van der Waals surface area contributed by atoms with Crippen molar-refractivity contribution in [3.63, 3.8) is 0 Å². The Hall–Kier alpha value is -6.64. The number of aryl methyl sites for hydroxylation is 1. The Morgan fingerprint density at radius 3 is 1.56 bits per heavy atom. The number of para-hydroxylation sites is 1. The zero-order chi connectivity index (χ0) is 38.6. The van der Waals surface area contributed by atoms with Crippen LogP contribution in [0.25, 0.3) is 66.3 Å². The van der Waals surface area contributed by atoms with E-state index in [1.807, 2.05) is 0 Å². The standard InChI is InChI=1S/C55H44N2/c1-54(2)46-24-14-11-21-40(46)42-31-28-37(33-48(42)54)57(38-29-32-43-41-22-12-15-25-47(41)55(3,4)49(43)34-38)50-26-16-13-23-44(50)51-45-30-27-35-17-9-10-20-39(35)53(45)56(5)52(51)36-18-7-6-8-19-36/h6-34H,1-5H3. The molecule has 0 amide bonds. The molecule has 0 bridgehead atoms. The van der Waals surface area contributed by atoms with Gasteiger partial charge in [0.2, 0.25) is 0 Å². The molecule has 1 heterocycles. The van der Waals surface area contributed by atoms with Crippen molar-refractivity contribution in [3.05, 3.63) is 198 Å². The fourth-order valence-electron chi connectivity index (χ4n) is 10.4. The lowest BCUT2D eigenvalue weighted by Gasteiger charge is -2.31. The van der Waals surface area contributed by atoms with Crippen molar-refractivity contribution in [2.75, 3.05) is 4.90 Å². The van der Waals surface area contributed by atoms with E-state index in [1.54, 1.807) is 0 Å². The highest BCUT2D eigenvalue weighted by atomic mass is 15.1. The number of fused-ring (bicyclic) bond motifs is 9. The quantitative estimate of drug-likeness (QED) is 0.171. The minimum Gasteiger partial charge on any atom is -0.343 e. The summed E-state index contributed by atoms with van der Waals surface area (Å²) in [5.41, 5.74) is 20.1. The molecule has 8 aromatic carbocycles. The third-order valence-corrected chi connectivity index (χ3v) is 13.2. The van der Waals surface area contributed by atoms with E-state index in [1.165, 1.54) is 88.6 Å². The van der Waals surface area contributed by atoms with E-state index in [-0.39, 0.29) is 10.8 Å². The van der Waals surface area contributed by atoms with Crippen LogP contribution in [-0.4, -0.2) is 4.57 Å². The highest BCUT2D eigenvalue weighted by molar-refractivity contribution is 6.16. The van der Waals surface area contributed by atoms with Gasteiger partial charge in [0.1, 0.15) is 0 Å². The van der Waals surface area contributed by atoms with E-state index in [2.05, 4.69) is 220 Å². The average Bonchev–Trinajstić information content (AvgIpc) is 3.77. The van der Waals surface area contributed by atoms with Gasteiger partial charge in [0.25, 0.3) is 0 Å². The second-order valence-electron chi connectivity index (χ2n) is 17.0. The number of hydrogen-bond acceptors (Lipinski definition) is 1. The molecule has 11 rings (SSSR count). The Labute approximate surface area is 335 Å². The Morgan fingerprint density at radius 2 is 0.930 bits per heavy atom. The maximum atomic E-state index is 2.53. The molecule has 274 valence electrons. The second-order valence-corrected chi connectivity index (χ2v) is 17.0. The van der Waals surface area contributed by atoms with Crippen molar-refractivity contribution < 1.29 is 0 Å². The first-order valence-corrected chi connectivity index (χ1v) is 20.2. The Morgan fingerprint density at radius 1 is 0.421 bits per heavy atom. The van der Waals surface area contributed by atoms with Crippen molar-refractivity contribution in [1.82, 2.24) is 4.57 Å². The van der Waals surface area contributed by atoms with Crippen LogP contribution in [0.15, 0.2) is 176 Å². The molecule has 0 atom stereocenters. The first-order valence-electron chi connectivity index (χ1n) is 20.2. The lowest BCUT2D eigenvalue weighted by molar-refractivity contribution is 0.660. The van der Waals surface area contributed by atoms with E-state index in [9.17, 15) is 0 Å². The molecule has 57 heavy (non-hydrogen) atoms. The van der Waals surface area contributed by atoms with Gasteiger partial charge in [0, 0.05) is 51.2 Å². The molecule has 0 unspecified atom stereocenters. The third-order valence-electron chi connectivity index (χ3n) is 13.2. The molecule has 0 N–H and O–H groups in total. The number of nitrogens with zero attached hydrogens (tertiary/aromatic N) is 2. The van der Waals surface area contributed by atoms with E-state index in [4.69, 9.17) is 0 Å². The normalized spacial score (nSPS) is 14.3. The largest absolute Gasteiger partial charge is 0.343 e. The van der Waals surface area contributed by atoms with E-state index in [0.717, 1.165) is 17.1 Å². The van der Waals surface area contributed by atoms with E-state index in [0.29, 0.717) is 0 Å². The SMILES string of the molecule is Cn1c(-c2ccccc2)c(-c2ccccc2N(c2ccc3c(c2)C(C)(C)c2ccccc2-3)c2ccc3c(c2)C(C)(C)c2ccccc2-3)c2ccc3ccccc3c21. The van der Waals surface area contributed by atoms with Crippen molar-refractivity contribution in [1.29, 1.82) is 0 Å². The molecule has 2 heteroatoms. The van der Waals surface area contributed by atoms with Gasteiger partial charge in [-0.1, -0.05) is 173 Å². The summed E-state index contributed by atoms with van der Waals surface area (Å²) in [4.78, 5) is 2.53. The molecule has 2 aliphatic rings. The third kappa shape index (κ3) is 4.77. The van der Waals surface area contributed by atoms with Crippen LogP contribution in [0.4, 0.5) is 17.1 Å². The summed E-state index contributed by atoms with van der Waals surface area (Å²) in [6.45, 7) is 9.51. The molecular formula is C55H44N2. The fraction of sp³-hybridized carbons (Fsp3) is 0.127. The summed E-state index contributed by atoms with van der Waals surface area (Å²) in [7, 11) is 2.24. The van der Waals surface area contributed by atoms with Crippen molar-refractivity contribution in [2.45, 2.75) is 38.5 Å². The van der Waals surface area contributed by atoms with Crippen LogP contribution in [0.1, 0.15) is 49.9 Å². The summed E-state index contributed by atoms with van der Waals surface area (Å²) in [6.07, 6.45) is 0. The van der Waals surface area contributed by atoms with E-state index >= 15 is 0 Å². The number of anilines is 3. The molecular weight excluding hydrogens is 689 g/mol. The molecule has 2 aliphatic carbocycles. The highest BCUT2D eigenvalue weighted by Gasteiger charge is 2.38. The Kier molecular flexibility index (Phi) is 7.20. The van der Waals surface area contributed by atoms with Crippen LogP contribution in [0, 0.1) is 0 Å². The predicted octanol–water partition coefficient (Wildman–Crippen LogP) is 14.7. The number of rotatable bonds is 5. The number of hydrogen-bond donors (Lipinski definition) is 0. The highest BCUT2D eigenvalue weighted by Crippen LogP contribution is 2.55. The zero-order valence-electron chi connectivity index (χ0n) is 33.1. The van der Waals surface area contributed by atoms with Crippen molar-refractivity contribution in [2.24, 2.45) is 7.05 Å². The average molecular weight is 733 g/mol. The van der Waals surface area contributed by atoms with E-state index < -0.39 is 0 Å². The second kappa shape index (κ2) is 12.2.